The Morgan fingerprint density at radius 2 is 1.09 bits per heavy atom. The molecule has 190 valence electrons. The predicted molar refractivity (Wildman–Crippen MR) is 141 cm³/mol. The Morgan fingerprint density at radius 1 is 0.688 bits per heavy atom. The van der Waals surface area contributed by atoms with Gasteiger partial charge in [0.25, 0.3) is 5.28 Å². The number of hydrogen-bond donors (Lipinski definition) is 0. The van der Waals surface area contributed by atoms with Crippen molar-refractivity contribution in [2.24, 2.45) is 0 Å². The Hall–Kier alpha value is -0.240. The predicted octanol–water partition coefficient (Wildman–Crippen LogP) is 8.89. The summed E-state index contributed by atoms with van der Waals surface area (Å²) in [5.41, 5.74) is 0. The second kappa shape index (κ2) is 20.2. The molecule has 0 aliphatic heterocycles. The lowest BCUT2D eigenvalue weighted by atomic mass is 9.99. The highest BCUT2D eigenvalue weighted by Crippen LogP contribution is 2.46. The molecule has 0 rings (SSSR count). The van der Waals surface area contributed by atoms with Crippen LogP contribution in [0.2, 0.25) is 0 Å². The Morgan fingerprint density at radius 3 is 1.47 bits per heavy atom. The van der Waals surface area contributed by atoms with Crippen molar-refractivity contribution in [3.63, 3.8) is 0 Å². The van der Waals surface area contributed by atoms with Crippen molar-refractivity contribution in [3.8, 4) is 0 Å². The Bertz CT molecular complexity index is 476. The first-order valence-corrected chi connectivity index (χ1v) is 15.3. The summed E-state index contributed by atoms with van der Waals surface area (Å²) in [6.45, 7) is 10.3. The maximum Gasteiger partial charge on any atom is 0.376 e. The van der Waals surface area contributed by atoms with E-state index in [4.69, 9.17) is 0 Å². The van der Waals surface area contributed by atoms with Crippen molar-refractivity contribution in [3.05, 3.63) is 12.2 Å². The van der Waals surface area contributed by atoms with Crippen molar-refractivity contribution in [1.29, 1.82) is 0 Å². The molecule has 4 heteroatoms. The largest absolute Gasteiger partial charge is 0.590 e. The third-order valence-corrected chi connectivity index (χ3v) is 9.60. The van der Waals surface area contributed by atoms with E-state index in [0.29, 0.717) is 4.48 Å². The van der Waals surface area contributed by atoms with Crippen molar-refractivity contribution in [2.45, 2.75) is 149 Å². The van der Waals surface area contributed by atoms with Gasteiger partial charge in [-0.3, -0.25) is 4.48 Å². The van der Waals surface area contributed by atoms with Gasteiger partial charge in [-0.05, 0) is 46.0 Å². The molecule has 2 atom stereocenters. The van der Waals surface area contributed by atoms with Crippen LogP contribution in [0.3, 0.4) is 0 Å². The molecule has 0 aliphatic carbocycles. The Labute approximate surface area is 202 Å². The average Bonchev–Trinajstić information content (AvgIpc) is 2.80. The molecular formula is C28H57NO2P+. The standard InChI is InChI=1S/C28H57NO2P/c1-6-10-11-12-13-14-15-16-17-18-19-20-21-22-23-24-25-26-27-28(7-2,32(30)31)29(5,8-3)9-4/h16-17H,6-15,18-27H2,1-5H3/q+1/b17-16-. The first-order valence-electron chi connectivity index (χ1n) is 14.1. The van der Waals surface area contributed by atoms with Gasteiger partial charge in [-0.15, -0.1) is 0 Å². The van der Waals surface area contributed by atoms with Crippen LogP contribution in [0.4, 0.5) is 0 Å². The topological polar surface area (TPSA) is 40.1 Å². The van der Waals surface area contributed by atoms with Gasteiger partial charge in [0, 0.05) is 12.8 Å². The number of hydrogen-bond acceptors (Lipinski definition) is 2. The Kier molecular flexibility index (Phi) is 20.0. The van der Waals surface area contributed by atoms with E-state index in [1.54, 1.807) is 0 Å². The monoisotopic (exact) mass is 470 g/mol. The molecule has 0 spiro atoms. The third-order valence-electron chi connectivity index (χ3n) is 7.90. The fraction of sp³-hybridized carbons (Fsp3) is 0.929. The van der Waals surface area contributed by atoms with Crippen LogP contribution < -0.4 is 4.89 Å². The zero-order chi connectivity index (χ0) is 24.1. The van der Waals surface area contributed by atoms with Gasteiger partial charge in [0.1, 0.15) is 0 Å². The van der Waals surface area contributed by atoms with Gasteiger partial charge in [0.05, 0.1) is 20.1 Å². The van der Waals surface area contributed by atoms with Crippen molar-refractivity contribution >= 4 is 8.03 Å². The molecule has 0 aromatic carbocycles. The van der Waals surface area contributed by atoms with Crippen LogP contribution in [0.25, 0.3) is 0 Å². The molecule has 0 N–H and O–H groups in total. The lowest BCUT2D eigenvalue weighted by Gasteiger charge is -2.44. The van der Waals surface area contributed by atoms with Gasteiger partial charge >= 0.3 is 8.03 Å². The third kappa shape index (κ3) is 12.3. The highest BCUT2D eigenvalue weighted by Gasteiger charge is 2.55. The van der Waals surface area contributed by atoms with Crippen molar-refractivity contribution in [1.82, 2.24) is 0 Å². The van der Waals surface area contributed by atoms with Crippen LogP contribution >= 0.6 is 8.03 Å². The summed E-state index contributed by atoms with van der Waals surface area (Å²) in [7, 11) is -0.303. The summed E-state index contributed by atoms with van der Waals surface area (Å²) in [4.78, 5) is 12.2. The maximum atomic E-state index is 12.2. The van der Waals surface area contributed by atoms with Crippen molar-refractivity contribution in [2.75, 3.05) is 20.1 Å². The second-order valence-electron chi connectivity index (χ2n) is 10.0. The van der Waals surface area contributed by atoms with Crippen LogP contribution in [-0.4, -0.2) is 29.9 Å². The second-order valence-corrected chi connectivity index (χ2v) is 11.4. The molecular weight excluding hydrogens is 413 g/mol. The summed E-state index contributed by atoms with van der Waals surface area (Å²) >= 11 is 0. The molecule has 3 nitrogen and oxygen atoms in total. The summed E-state index contributed by atoms with van der Waals surface area (Å²) in [5.74, 6) is 0. The van der Waals surface area contributed by atoms with E-state index in [2.05, 4.69) is 46.9 Å². The maximum absolute atomic E-state index is 12.2. The zero-order valence-electron chi connectivity index (χ0n) is 22.5. The number of unbranched alkanes of at least 4 members (excludes halogenated alkanes) is 14. The molecule has 32 heavy (non-hydrogen) atoms. The van der Waals surface area contributed by atoms with E-state index in [1.165, 1.54) is 96.3 Å². The summed E-state index contributed by atoms with van der Waals surface area (Å²) in [5, 5.41) is -0.582. The van der Waals surface area contributed by atoms with Gasteiger partial charge in [-0.1, -0.05) is 101 Å². The summed E-state index contributed by atoms with van der Waals surface area (Å²) in [6.07, 6.45) is 27.2. The van der Waals surface area contributed by atoms with Gasteiger partial charge in [0.15, 0.2) is 0 Å². The van der Waals surface area contributed by atoms with Crippen LogP contribution in [-0.2, 0) is 4.57 Å². The van der Waals surface area contributed by atoms with E-state index in [9.17, 15) is 9.46 Å². The molecule has 0 amide bonds. The molecule has 0 saturated heterocycles. The number of quaternary nitrogens is 1. The molecule has 2 unspecified atom stereocenters. The van der Waals surface area contributed by atoms with Crippen LogP contribution in [0.15, 0.2) is 12.2 Å². The van der Waals surface area contributed by atoms with Crippen LogP contribution in [0.5, 0.6) is 0 Å². The first-order chi connectivity index (χ1) is 15.4. The zero-order valence-corrected chi connectivity index (χ0v) is 23.4. The lowest BCUT2D eigenvalue weighted by molar-refractivity contribution is -0.943. The molecule has 0 aromatic heterocycles. The van der Waals surface area contributed by atoms with Crippen LogP contribution in [0.1, 0.15) is 143 Å². The minimum atomic E-state index is -2.43. The summed E-state index contributed by atoms with van der Waals surface area (Å²) in [6, 6.07) is 0. The van der Waals surface area contributed by atoms with E-state index in [0.717, 1.165) is 32.4 Å². The summed E-state index contributed by atoms with van der Waals surface area (Å²) < 4.78 is 12.9. The number of allylic oxidation sites excluding steroid dienone is 2. The molecule has 0 bridgehead atoms. The lowest BCUT2D eigenvalue weighted by Crippen LogP contribution is -2.60. The fourth-order valence-corrected chi connectivity index (χ4v) is 6.34. The van der Waals surface area contributed by atoms with Crippen molar-refractivity contribution < 1.29 is 13.9 Å². The van der Waals surface area contributed by atoms with Gasteiger partial charge in [-0.2, -0.15) is 0 Å². The normalized spacial score (nSPS) is 14.8. The smallest absolute Gasteiger partial charge is 0.376 e. The van der Waals surface area contributed by atoms with E-state index in [-0.39, 0.29) is 0 Å². The quantitative estimate of drug-likeness (QED) is 0.0647. The van der Waals surface area contributed by atoms with Gasteiger partial charge < -0.3 is 4.89 Å². The number of rotatable bonds is 23. The molecule has 0 fully saturated rings. The molecule has 0 aliphatic rings. The first kappa shape index (κ1) is 31.8. The van der Waals surface area contributed by atoms with E-state index < -0.39 is 13.3 Å². The molecule has 0 saturated carbocycles. The van der Waals surface area contributed by atoms with Gasteiger partial charge in [0.2, 0.25) is 0 Å². The molecule has 0 radical (unpaired) electrons. The van der Waals surface area contributed by atoms with Crippen LogP contribution in [0, 0.1) is 0 Å². The Balaban J connectivity index is 3.77. The average molecular weight is 471 g/mol. The minimum Gasteiger partial charge on any atom is -0.590 e. The molecule has 0 aromatic rings. The molecule has 0 heterocycles. The SMILES string of the molecule is CCCCCCCC/C=C\CCCCCCCCCCC(CC)([P+](=O)[O-])[N+](C)(CC)CC. The highest BCUT2D eigenvalue weighted by atomic mass is 31.1. The van der Waals surface area contributed by atoms with E-state index in [1.807, 2.05) is 0 Å². The van der Waals surface area contributed by atoms with E-state index >= 15 is 0 Å². The fourth-order valence-electron chi connectivity index (χ4n) is 5.07. The van der Waals surface area contributed by atoms with Gasteiger partial charge in [-0.25, -0.2) is 0 Å². The minimum absolute atomic E-state index is 0.582. The number of nitrogens with zero attached hydrogens (tertiary/aromatic N) is 1. The highest BCUT2D eigenvalue weighted by molar-refractivity contribution is 7.38.